The summed E-state index contributed by atoms with van der Waals surface area (Å²) in [6, 6.07) is 5.51. The van der Waals surface area contributed by atoms with Crippen LogP contribution in [0.2, 0.25) is 0 Å². The number of hydrogen-bond acceptors (Lipinski definition) is 4. The molecule has 0 radical (unpaired) electrons. The van der Waals surface area contributed by atoms with E-state index in [-0.39, 0.29) is 0 Å². The molecule has 0 aliphatic carbocycles. The van der Waals surface area contributed by atoms with E-state index in [0.29, 0.717) is 18.2 Å². The Morgan fingerprint density at radius 1 is 1.38 bits per heavy atom. The van der Waals surface area contributed by atoms with Gasteiger partial charge < -0.3 is 9.47 Å². The first-order valence-electron chi connectivity index (χ1n) is 3.76. The van der Waals surface area contributed by atoms with Crippen molar-refractivity contribution in [3.63, 3.8) is 0 Å². The molecule has 0 fully saturated rings. The van der Waals surface area contributed by atoms with Crippen LogP contribution in [0.15, 0.2) is 12.1 Å². The molecule has 4 heteroatoms. The van der Waals surface area contributed by atoms with E-state index < -0.39 is 0 Å². The molecular formula is C9H10N2O2. The normalized spacial score (nSPS) is 9.00. The molecule has 1 rings (SSSR count). The Hall–Kier alpha value is -1.76. The first-order chi connectivity index (χ1) is 6.31. The van der Waals surface area contributed by atoms with Crippen LogP contribution in [0.5, 0.6) is 11.8 Å². The van der Waals surface area contributed by atoms with Gasteiger partial charge in [0.15, 0.2) is 0 Å². The lowest BCUT2D eigenvalue weighted by Gasteiger charge is -2.05. The summed E-state index contributed by atoms with van der Waals surface area (Å²) in [7, 11) is 3.05. The van der Waals surface area contributed by atoms with Crippen LogP contribution in [0.3, 0.4) is 0 Å². The number of aromatic nitrogens is 1. The molecule has 0 saturated carbocycles. The predicted octanol–water partition coefficient (Wildman–Crippen LogP) is 1.16. The second-order valence-corrected chi connectivity index (χ2v) is 2.36. The summed E-state index contributed by atoms with van der Waals surface area (Å²) in [6.07, 6.45) is 0.292. The number of pyridine rings is 1. The molecule has 0 aliphatic heterocycles. The highest BCUT2D eigenvalue weighted by molar-refractivity contribution is 5.32. The van der Waals surface area contributed by atoms with Crippen molar-refractivity contribution in [2.75, 3.05) is 14.2 Å². The summed E-state index contributed by atoms with van der Waals surface area (Å²) in [5.41, 5.74) is 0.769. The Morgan fingerprint density at radius 2 is 2.15 bits per heavy atom. The number of ether oxygens (including phenoxy) is 2. The molecule has 0 amide bonds. The maximum atomic E-state index is 8.50. The van der Waals surface area contributed by atoms with Crippen molar-refractivity contribution >= 4 is 0 Å². The highest BCUT2D eigenvalue weighted by Gasteiger charge is 2.05. The minimum atomic E-state index is 0.292. The van der Waals surface area contributed by atoms with Gasteiger partial charge in [-0.25, -0.2) is 0 Å². The van der Waals surface area contributed by atoms with Crippen molar-refractivity contribution in [1.29, 1.82) is 5.26 Å². The second kappa shape index (κ2) is 4.31. The predicted molar refractivity (Wildman–Crippen MR) is 46.7 cm³/mol. The first-order valence-corrected chi connectivity index (χ1v) is 3.76. The van der Waals surface area contributed by atoms with Crippen molar-refractivity contribution in [2.45, 2.75) is 6.42 Å². The largest absolute Gasteiger partial charge is 0.481 e. The average molecular weight is 178 g/mol. The highest BCUT2D eigenvalue weighted by Crippen LogP contribution is 2.19. The van der Waals surface area contributed by atoms with E-state index in [1.807, 2.05) is 6.07 Å². The molecule has 0 saturated heterocycles. The molecule has 4 nitrogen and oxygen atoms in total. The van der Waals surface area contributed by atoms with Crippen LogP contribution in [-0.4, -0.2) is 19.2 Å². The van der Waals surface area contributed by atoms with Gasteiger partial charge in [-0.3, -0.25) is 0 Å². The summed E-state index contributed by atoms with van der Waals surface area (Å²) in [4.78, 5) is 4.03. The van der Waals surface area contributed by atoms with Crippen molar-refractivity contribution < 1.29 is 9.47 Å². The number of rotatable bonds is 3. The molecule has 13 heavy (non-hydrogen) atoms. The third-order valence-corrected chi connectivity index (χ3v) is 1.59. The molecule has 0 aromatic carbocycles. The van der Waals surface area contributed by atoms with Crippen LogP contribution in [-0.2, 0) is 6.42 Å². The smallest absolute Gasteiger partial charge is 0.220 e. The zero-order chi connectivity index (χ0) is 9.68. The van der Waals surface area contributed by atoms with E-state index in [0.717, 1.165) is 5.56 Å². The average Bonchev–Trinajstić information content (AvgIpc) is 2.19. The molecule has 68 valence electrons. The van der Waals surface area contributed by atoms with Crippen LogP contribution in [0, 0.1) is 11.3 Å². The first kappa shape index (κ1) is 9.33. The minimum absolute atomic E-state index is 0.292. The van der Waals surface area contributed by atoms with Crippen LogP contribution in [0.25, 0.3) is 0 Å². The van der Waals surface area contributed by atoms with Gasteiger partial charge in [0.25, 0.3) is 0 Å². The van der Waals surface area contributed by atoms with E-state index in [1.165, 1.54) is 14.2 Å². The topological polar surface area (TPSA) is 55.1 Å². The van der Waals surface area contributed by atoms with Gasteiger partial charge in [-0.1, -0.05) is 0 Å². The van der Waals surface area contributed by atoms with Crippen LogP contribution in [0.4, 0.5) is 0 Å². The van der Waals surface area contributed by atoms with Crippen molar-refractivity contribution in [3.8, 4) is 17.8 Å². The van der Waals surface area contributed by atoms with Gasteiger partial charge in [0.1, 0.15) is 0 Å². The standard InChI is InChI=1S/C9H10N2O2/c1-12-8-4-3-7(5-6-10)9(11-8)13-2/h3-4H,5H2,1-2H3. The number of methoxy groups -OCH3 is 2. The van der Waals surface area contributed by atoms with Crippen molar-refractivity contribution in [3.05, 3.63) is 17.7 Å². The van der Waals surface area contributed by atoms with Gasteiger partial charge in [-0.05, 0) is 6.07 Å². The van der Waals surface area contributed by atoms with Gasteiger partial charge in [0.2, 0.25) is 11.8 Å². The van der Waals surface area contributed by atoms with E-state index in [2.05, 4.69) is 4.98 Å². The second-order valence-electron chi connectivity index (χ2n) is 2.36. The van der Waals surface area contributed by atoms with E-state index in [4.69, 9.17) is 14.7 Å². The molecule has 0 atom stereocenters. The zero-order valence-electron chi connectivity index (χ0n) is 7.57. The quantitative estimate of drug-likeness (QED) is 0.697. The maximum absolute atomic E-state index is 8.50. The fraction of sp³-hybridized carbons (Fsp3) is 0.333. The molecule has 0 N–H and O–H groups in total. The zero-order valence-corrected chi connectivity index (χ0v) is 7.57. The van der Waals surface area contributed by atoms with E-state index >= 15 is 0 Å². The summed E-state index contributed by atoms with van der Waals surface area (Å²) in [6.45, 7) is 0. The summed E-state index contributed by atoms with van der Waals surface area (Å²) in [5, 5.41) is 8.50. The van der Waals surface area contributed by atoms with E-state index in [9.17, 15) is 0 Å². The lowest BCUT2D eigenvalue weighted by molar-refractivity contribution is 0.362. The summed E-state index contributed by atoms with van der Waals surface area (Å²) < 4.78 is 9.91. The molecule has 0 bridgehead atoms. The summed E-state index contributed by atoms with van der Waals surface area (Å²) >= 11 is 0. The SMILES string of the molecule is COc1ccc(CC#N)c(OC)n1. The van der Waals surface area contributed by atoms with Crippen molar-refractivity contribution in [2.24, 2.45) is 0 Å². The molecule has 1 aromatic heterocycles. The Balaban J connectivity index is 3.02. The molecule has 0 aliphatic rings. The fourth-order valence-corrected chi connectivity index (χ4v) is 0.962. The van der Waals surface area contributed by atoms with E-state index in [1.54, 1.807) is 12.1 Å². The Labute approximate surface area is 76.7 Å². The maximum Gasteiger partial charge on any atom is 0.220 e. The number of hydrogen-bond donors (Lipinski definition) is 0. The summed E-state index contributed by atoms with van der Waals surface area (Å²) in [5.74, 6) is 0.930. The van der Waals surface area contributed by atoms with Crippen LogP contribution < -0.4 is 9.47 Å². The fourth-order valence-electron chi connectivity index (χ4n) is 0.962. The molecular weight excluding hydrogens is 168 g/mol. The lowest BCUT2D eigenvalue weighted by atomic mass is 10.2. The lowest BCUT2D eigenvalue weighted by Crippen LogP contribution is -1.96. The molecule has 1 aromatic rings. The number of nitriles is 1. The highest BCUT2D eigenvalue weighted by atomic mass is 16.5. The van der Waals surface area contributed by atoms with Gasteiger partial charge in [-0.15, -0.1) is 0 Å². The van der Waals surface area contributed by atoms with Gasteiger partial charge >= 0.3 is 0 Å². The van der Waals surface area contributed by atoms with Crippen molar-refractivity contribution in [1.82, 2.24) is 4.98 Å². The Morgan fingerprint density at radius 3 is 2.69 bits per heavy atom. The Bertz CT molecular complexity index is 331. The van der Waals surface area contributed by atoms with Gasteiger partial charge in [0.05, 0.1) is 26.7 Å². The minimum Gasteiger partial charge on any atom is -0.481 e. The third-order valence-electron chi connectivity index (χ3n) is 1.59. The Kier molecular flexibility index (Phi) is 3.09. The monoisotopic (exact) mass is 178 g/mol. The van der Waals surface area contributed by atoms with Gasteiger partial charge in [0, 0.05) is 11.6 Å². The van der Waals surface area contributed by atoms with Gasteiger partial charge in [-0.2, -0.15) is 10.2 Å². The molecule has 1 heterocycles. The molecule has 0 unspecified atom stereocenters. The van der Waals surface area contributed by atoms with Crippen LogP contribution in [0.1, 0.15) is 5.56 Å². The third kappa shape index (κ3) is 2.09. The number of nitrogens with zero attached hydrogens (tertiary/aromatic N) is 2. The molecule has 0 spiro atoms. The van der Waals surface area contributed by atoms with Crippen LogP contribution >= 0.6 is 0 Å².